The van der Waals surface area contributed by atoms with Crippen molar-refractivity contribution < 1.29 is 4.74 Å². The molecule has 0 bridgehead atoms. The minimum atomic E-state index is 0.427. The molecule has 0 unspecified atom stereocenters. The van der Waals surface area contributed by atoms with E-state index < -0.39 is 0 Å². The number of anilines is 1. The van der Waals surface area contributed by atoms with E-state index in [1.807, 2.05) is 12.1 Å². The third kappa shape index (κ3) is 3.99. The van der Waals surface area contributed by atoms with Gasteiger partial charge in [0, 0.05) is 24.8 Å². The molecule has 112 valence electrons. The first kappa shape index (κ1) is 15.4. The zero-order chi connectivity index (χ0) is 15.2. The highest BCUT2D eigenvalue weighted by molar-refractivity contribution is 5.49. The van der Waals surface area contributed by atoms with Gasteiger partial charge in [-0.1, -0.05) is 24.3 Å². The molecule has 0 spiro atoms. The predicted molar refractivity (Wildman–Crippen MR) is 88.6 cm³/mol. The molecule has 0 radical (unpaired) electrons. The maximum Gasteiger partial charge on any atom is 0.118 e. The SMILES string of the molecule is COc1ccc(CN(c2ccc(CN)cc2)C(C)C)cc1. The molecule has 0 aliphatic heterocycles. The van der Waals surface area contributed by atoms with Crippen LogP contribution in [-0.2, 0) is 13.1 Å². The van der Waals surface area contributed by atoms with Crippen LogP contribution in [0.15, 0.2) is 48.5 Å². The topological polar surface area (TPSA) is 38.5 Å². The van der Waals surface area contributed by atoms with Crippen LogP contribution in [0.2, 0.25) is 0 Å². The average Bonchev–Trinajstić information content (AvgIpc) is 2.53. The Labute approximate surface area is 127 Å². The third-order valence-electron chi connectivity index (χ3n) is 3.64. The summed E-state index contributed by atoms with van der Waals surface area (Å²) in [5.74, 6) is 0.891. The summed E-state index contributed by atoms with van der Waals surface area (Å²) in [5, 5.41) is 0. The Morgan fingerprint density at radius 2 is 1.52 bits per heavy atom. The first-order chi connectivity index (χ1) is 10.1. The first-order valence-electron chi connectivity index (χ1n) is 7.32. The number of nitrogens with two attached hydrogens (primary N) is 1. The molecule has 21 heavy (non-hydrogen) atoms. The van der Waals surface area contributed by atoms with E-state index in [0.717, 1.165) is 17.9 Å². The van der Waals surface area contributed by atoms with Crippen molar-refractivity contribution in [2.75, 3.05) is 12.0 Å². The van der Waals surface area contributed by atoms with Gasteiger partial charge in [0.1, 0.15) is 5.75 Å². The fourth-order valence-electron chi connectivity index (χ4n) is 2.32. The molecule has 2 aromatic carbocycles. The molecule has 0 aromatic heterocycles. The number of benzene rings is 2. The van der Waals surface area contributed by atoms with Gasteiger partial charge in [0.25, 0.3) is 0 Å². The number of methoxy groups -OCH3 is 1. The molecule has 2 rings (SSSR count). The van der Waals surface area contributed by atoms with E-state index in [1.54, 1.807) is 7.11 Å². The lowest BCUT2D eigenvalue weighted by atomic mass is 10.1. The van der Waals surface area contributed by atoms with Gasteiger partial charge < -0.3 is 15.4 Å². The van der Waals surface area contributed by atoms with Crippen molar-refractivity contribution in [1.29, 1.82) is 0 Å². The number of ether oxygens (including phenoxy) is 1. The number of hydrogen-bond acceptors (Lipinski definition) is 3. The van der Waals surface area contributed by atoms with Crippen molar-refractivity contribution in [2.24, 2.45) is 5.73 Å². The lowest BCUT2D eigenvalue weighted by Gasteiger charge is -2.29. The zero-order valence-electron chi connectivity index (χ0n) is 13.0. The Morgan fingerprint density at radius 1 is 0.952 bits per heavy atom. The van der Waals surface area contributed by atoms with Gasteiger partial charge in [-0.2, -0.15) is 0 Å². The van der Waals surface area contributed by atoms with Crippen LogP contribution in [-0.4, -0.2) is 13.2 Å². The van der Waals surface area contributed by atoms with Crippen molar-refractivity contribution >= 4 is 5.69 Å². The summed E-state index contributed by atoms with van der Waals surface area (Å²) in [4.78, 5) is 2.38. The van der Waals surface area contributed by atoms with Crippen LogP contribution < -0.4 is 15.4 Å². The number of nitrogens with zero attached hydrogens (tertiary/aromatic N) is 1. The van der Waals surface area contributed by atoms with Gasteiger partial charge in [-0.05, 0) is 49.2 Å². The highest BCUT2D eigenvalue weighted by Gasteiger charge is 2.11. The third-order valence-corrected chi connectivity index (χ3v) is 3.64. The molecule has 3 heteroatoms. The Morgan fingerprint density at radius 3 is 2.00 bits per heavy atom. The summed E-state index contributed by atoms with van der Waals surface area (Å²) in [6, 6.07) is 17.1. The monoisotopic (exact) mass is 284 g/mol. The molecule has 2 N–H and O–H groups in total. The quantitative estimate of drug-likeness (QED) is 0.881. The van der Waals surface area contributed by atoms with E-state index in [-0.39, 0.29) is 0 Å². The largest absolute Gasteiger partial charge is 0.497 e. The Hall–Kier alpha value is -2.00. The van der Waals surface area contributed by atoms with Crippen LogP contribution in [0.5, 0.6) is 5.75 Å². The van der Waals surface area contributed by atoms with Gasteiger partial charge in [-0.3, -0.25) is 0 Å². The minimum absolute atomic E-state index is 0.427. The molecule has 0 saturated carbocycles. The number of rotatable bonds is 6. The van der Waals surface area contributed by atoms with Crippen molar-refractivity contribution in [1.82, 2.24) is 0 Å². The first-order valence-corrected chi connectivity index (χ1v) is 7.32. The van der Waals surface area contributed by atoms with Crippen LogP contribution >= 0.6 is 0 Å². The van der Waals surface area contributed by atoms with Crippen molar-refractivity contribution in [2.45, 2.75) is 33.0 Å². The van der Waals surface area contributed by atoms with Crippen LogP contribution in [0.25, 0.3) is 0 Å². The Bertz CT molecular complexity index is 546. The van der Waals surface area contributed by atoms with E-state index in [1.165, 1.54) is 11.3 Å². The van der Waals surface area contributed by atoms with Gasteiger partial charge in [0.05, 0.1) is 7.11 Å². The predicted octanol–water partition coefficient (Wildman–Crippen LogP) is 3.57. The lowest BCUT2D eigenvalue weighted by molar-refractivity contribution is 0.414. The van der Waals surface area contributed by atoms with Gasteiger partial charge in [0.2, 0.25) is 0 Å². The van der Waals surface area contributed by atoms with Crippen LogP contribution in [0.4, 0.5) is 5.69 Å². The normalized spacial score (nSPS) is 10.7. The Kier molecular flexibility index (Phi) is 5.23. The smallest absolute Gasteiger partial charge is 0.118 e. The molecule has 0 saturated heterocycles. The second kappa shape index (κ2) is 7.14. The highest BCUT2D eigenvalue weighted by Crippen LogP contribution is 2.22. The molecule has 3 nitrogen and oxygen atoms in total. The van der Waals surface area contributed by atoms with Gasteiger partial charge in [-0.25, -0.2) is 0 Å². The van der Waals surface area contributed by atoms with Gasteiger partial charge >= 0.3 is 0 Å². The second-order valence-corrected chi connectivity index (χ2v) is 5.44. The average molecular weight is 284 g/mol. The van der Waals surface area contributed by atoms with Crippen molar-refractivity contribution in [3.05, 3.63) is 59.7 Å². The highest BCUT2D eigenvalue weighted by atomic mass is 16.5. The molecule has 0 amide bonds. The Balaban J connectivity index is 2.17. The van der Waals surface area contributed by atoms with Crippen LogP contribution in [0.3, 0.4) is 0 Å². The molecule has 0 atom stereocenters. The van der Waals surface area contributed by atoms with E-state index in [4.69, 9.17) is 10.5 Å². The molecule has 0 aliphatic rings. The van der Waals surface area contributed by atoms with Gasteiger partial charge in [-0.15, -0.1) is 0 Å². The summed E-state index contributed by atoms with van der Waals surface area (Å²) in [6.07, 6.45) is 0. The maximum absolute atomic E-state index is 5.66. The van der Waals surface area contributed by atoms with Gasteiger partial charge in [0.15, 0.2) is 0 Å². The minimum Gasteiger partial charge on any atom is -0.497 e. The fourth-order valence-corrected chi connectivity index (χ4v) is 2.32. The number of hydrogen-bond donors (Lipinski definition) is 1. The second-order valence-electron chi connectivity index (χ2n) is 5.44. The molecule has 0 heterocycles. The summed E-state index contributed by atoms with van der Waals surface area (Å²) in [7, 11) is 1.69. The summed E-state index contributed by atoms with van der Waals surface area (Å²) in [6.45, 7) is 5.88. The zero-order valence-corrected chi connectivity index (χ0v) is 13.0. The molecule has 2 aromatic rings. The maximum atomic E-state index is 5.66. The van der Waals surface area contributed by atoms with Crippen molar-refractivity contribution in [3.63, 3.8) is 0 Å². The van der Waals surface area contributed by atoms with Crippen LogP contribution in [0.1, 0.15) is 25.0 Å². The molecule has 0 aliphatic carbocycles. The summed E-state index contributed by atoms with van der Waals surface area (Å²) < 4.78 is 5.21. The fraction of sp³-hybridized carbons (Fsp3) is 0.333. The van der Waals surface area contributed by atoms with Crippen molar-refractivity contribution in [3.8, 4) is 5.75 Å². The summed E-state index contributed by atoms with van der Waals surface area (Å²) >= 11 is 0. The lowest BCUT2D eigenvalue weighted by Crippen LogP contribution is -2.30. The standard InChI is InChI=1S/C18H24N2O/c1-14(2)20(17-8-4-15(12-19)5-9-17)13-16-6-10-18(21-3)11-7-16/h4-11,14H,12-13,19H2,1-3H3. The van der Waals surface area contributed by atoms with E-state index in [2.05, 4.69) is 55.1 Å². The van der Waals surface area contributed by atoms with E-state index in [0.29, 0.717) is 12.6 Å². The summed E-state index contributed by atoms with van der Waals surface area (Å²) in [5.41, 5.74) is 9.31. The van der Waals surface area contributed by atoms with E-state index >= 15 is 0 Å². The molecule has 0 fully saturated rings. The molecular weight excluding hydrogens is 260 g/mol. The molecular formula is C18H24N2O. The van der Waals surface area contributed by atoms with E-state index in [9.17, 15) is 0 Å². The van der Waals surface area contributed by atoms with Crippen LogP contribution in [0, 0.1) is 0 Å².